The Kier molecular flexibility index (Phi) is 3.37. The molecule has 0 saturated carbocycles. The van der Waals surface area contributed by atoms with Gasteiger partial charge in [-0.05, 0) is 24.3 Å². The number of nitrogens with zero attached hydrogens (tertiary/aromatic N) is 3. The molecule has 2 aromatic heterocycles. The van der Waals surface area contributed by atoms with Crippen LogP contribution in [0.2, 0.25) is 0 Å². The minimum Gasteiger partial charge on any atom is -0.461 e. The molecule has 4 rings (SSSR count). The molecule has 6 nitrogen and oxygen atoms in total. The van der Waals surface area contributed by atoms with Crippen LogP contribution in [0.3, 0.4) is 0 Å². The number of likely N-dealkylation sites (tertiary alicyclic amines) is 1. The van der Waals surface area contributed by atoms with Gasteiger partial charge in [-0.15, -0.1) is 0 Å². The van der Waals surface area contributed by atoms with Crippen LogP contribution in [-0.4, -0.2) is 34.0 Å². The van der Waals surface area contributed by atoms with Gasteiger partial charge in [0.05, 0.1) is 12.2 Å². The van der Waals surface area contributed by atoms with E-state index in [-0.39, 0.29) is 19.0 Å². The summed E-state index contributed by atoms with van der Waals surface area (Å²) in [6.45, 7) is 0.513. The summed E-state index contributed by atoms with van der Waals surface area (Å²) < 4.78 is 37.7. The minimum atomic E-state index is -0.874. The first kappa shape index (κ1) is 14.6. The van der Waals surface area contributed by atoms with E-state index in [1.165, 1.54) is 17.2 Å². The van der Waals surface area contributed by atoms with E-state index in [4.69, 9.17) is 8.94 Å². The molecule has 0 unspecified atom stereocenters. The Balaban J connectivity index is 1.46. The quantitative estimate of drug-likeness (QED) is 0.738. The number of benzene rings is 1. The highest BCUT2D eigenvalue weighted by Crippen LogP contribution is 2.29. The van der Waals surface area contributed by atoms with Gasteiger partial charge >= 0.3 is 0 Å². The summed E-state index contributed by atoms with van der Waals surface area (Å²) in [5.41, 5.74) is -0.544. The number of furan rings is 1. The number of hydrogen-bond donors (Lipinski definition) is 0. The highest BCUT2D eigenvalue weighted by Gasteiger charge is 2.37. The van der Waals surface area contributed by atoms with Crippen molar-refractivity contribution in [1.82, 2.24) is 15.0 Å². The zero-order valence-corrected chi connectivity index (χ0v) is 12.3. The highest BCUT2D eigenvalue weighted by molar-refractivity contribution is 5.95. The molecular formula is C16H11F2N3O3. The molecule has 24 heavy (non-hydrogen) atoms. The maximum Gasteiger partial charge on any atom is 0.259 e. The number of carbonyl (C=O) groups excluding carboxylic acids is 1. The largest absolute Gasteiger partial charge is 0.461 e. The number of carbonyl (C=O) groups is 1. The molecule has 8 heteroatoms. The first-order valence-corrected chi connectivity index (χ1v) is 7.24. The molecule has 3 heterocycles. The summed E-state index contributed by atoms with van der Waals surface area (Å²) in [4.78, 5) is 17.8. The first-order chi connectivity index (χ1) is 11.6. The summed E-state index contributed by atoms with van der Waals surface area (Å²) in [7, 11) is 0. The molecule has 3 aromatic rings. The van der Waals surface area contributed by atoms with Gasteiger partial charge in [-0.3, -0.25) is 4.79 Å². The molecular weight excluding hydrogens is 320 g/mol. The van der Waals surface area contributed by atoms with Crippen LogP contribution in [0.4, 0.5) is 8.78 Å². The molecule has 0 atom stereocenters. The maximum atomic E-state index is 13.7. The summed E-state index contributed by atoms with van der Waals surface area (Å²) in [6.07, 6.45) is 1.50. The lowest BCUT2D eigenvalue weighted by Gasteiger charge is -2.37. The van der Waals surface area contributed by atoms with Crippen LogP contribution in [0.5, 0.6) is 0 Å². The predicted octanol–water partition coefficient (Wildman–Crippen LogP) is 2.85. The van der Waals surface area contributed by atoms with Crippen LogP contribution in [0, 0.1) is 11.6 Å². The average Bonchev–Trinajstić information content (AvgIpc) is 3.16. The van der Waals surface area contributed by atoms with E-state index in [0.717, 1.165) is 12.1 Å². The summed E-state index contributed by atoms with van der Waals surface area (Å²) in [6, 6.07) is 6.74. The summed E-state index contributed by atoms with van der Waals surface area (Å²) in [5, 5.41) is 3.81. The SMILES string of the molecule is O=C(c1c(F)cccc1F)N1CC(c2nc(-c3ccco3)no2)C1. The molecule has 1 aliphatic rings. The third-order valence-corrected chi connectivity index (χ3v) is 3.88. The van der Waals surface area contributed by atoms with Crippen molar-refractivity contribution in [2.75, 3.05) is 13.1 Å². The molecule has 122 valence electrons. The molecule has 1 amide bonds. The second kappa shape index (κ2) is 5.55. The molecule has 1 saturated heterocycles. The van der Waals surface area contributed by atoms with Crippen LogP contribution >= 0.6 is 0 Å². The van der Waals surface area contributed by atoms with Crippen LogP contribution in [0.15, 0.2) is 45.5 Å². The Hall–Kier alpha value is -3.03. The first-order valence-electron chi connectivity index (χ1n) is 7.24. The number of amides is 1. The van der Waals surface area contributed by atoms with E-state index in [2.05, 4.69) is 10.1 Å². The lowest BCUT2D eigenvalue weighted by Crippen LogP contribution is -2.49. The van der Waals surface area contributed by atoms with Gasteiger partial charge in [-0.1, -0.05) is 11.2 Å². The van der Waals surface area contributed by atoms with E-state index in [9.17, 15) is 13.6 Å². The van der Waals surface area contributed by atoms with Gasteiger partial charge in [-0.25, -0.2) is 8.78 Å². The van der Waals surface area contributed by atoms with Crippen LogP contribution in [0.1, 0.15) is 22.2 Å². The monoisotopic (exact) mass is 331 g/mol. The second-order valence-electron chi connectivity index (χ2n) is 5.44. The van der Waals surface area contributed by atoms with Crippen molar-refractivity contribution in [2.24, 2.45) is 0 Å². The van der Waals surface area contributed by atoms with Crippen LogP contribution in [0.25, 0.3) is 11.6 Å². The van der Waals surface area contributed by atoms with Gasteiger partial charge in [-0.2, -0.15) is 4.98 Å². The van der Waals surface area contributed by atoms with Crippen LogP contribution < -0.4 is 0 Å². The lowest BCUT2D eigenvalue weighted by molar-refractivity contribution is 0.0559. The Morgan fingerprint density at radius 2 is 1.92 bits per heavy atom. The van der Waals surface area contributed by atoms with Gasteiger partial charge in [0, 0.05) is 13.1 Å². The predicted molar refractivity (Wildman–Crippen MR) is 77.0 cm³/mol. The van der Waals surface area contributed by atoms with Crippen molar-refractivity contribution < 1.29 is 22.5 Å². The smallest absolute Gasteiger partial charge is 0.259 e. The molecule has 0 N–H and O–H groups in total. The number of halogens is 2. The fraction of sp³-hybridized carbons (Fsp3) is 0.188. The lowest BCUT2D eigenvalue weighted by atomic mass is 9.98. The Morgan fingerprint density at radius 3 is 2.58 bits per heavy atom. The third kappa shape index (κ3) is 2.36. The van der Waals surface area contributed by atoms with Crippen molar-refractivity contribution >= 4 is 5.91 Å². The zero-order valence-electron chi connectivity index (χ0n) is 12.3. The fourth-order valence-corrected chi connectivity index (χ4v) is 2.57. The van der Waals surface area contributed by atoms with E-state index in [1.807, 2.05) is 0 Å². The molecule has 1 aromatic carbocycles. The zero-order chi connectivity index (χ0) is 16.7. The summed E-state index contributed by atoms with van der Waals surface area (Å²) in [5.74, 6) is -1.44. The van der Waals surface area contributed by atoms with E-state index < -0.39 is 23.1 Å². The van der Waals surface area contributed by atoms with E-state index >= 15 is 0 Å². The molecule has 0 bridgehead atoms. The van der Waals surface area contributed by atoms with Gasteiger partial charge in [0.25, 0.3) is 5.91 Å². The van der Waals surface area contributed by atoms with E-state index in [0.29, 0.717) is 17.5 Å². The maximum absolute atomic E-state index is 13.7. The van der Waals surface area contributed by atoms with Gasteiger partial charge in [0.15, 0.2) is 5.76 Å². The number of rotatable bonds is 3. The molecule has 0 spiro atoms. The molecule has 1 aliphatic heterocycles. The van der Waals surface area contributed by atoms with Gasteiger partial charge < -0.3 is 13.8 Å². The topological polar surface area (TPSA) is 72.4 Å². The number of hydrogen-bond acceptors (Lipinski definition) is 5. The van der Waals surface area contributed by atoms with Crippen molar-refractivity contribution in [3.8, 4) is 11.6 Å². The van der Waals surface area contributed by atoms with E-state index in [1.54, 1.807) is 12.1 Å². The Labute approximate surface area is 134 Å². The average molecular weight is 331 g/mol. The van der Waals surface area contributed by atoms with Gasteiger partial charge in [0.2, 0.25) is 11.7 Å². The van der Waals surface area contributed by atoms with Crippen molar-refractivity contribution in [3.63, 3.8) is 0 Å². The van der Waals surface area contributed by atoms with Crippen molar-refractivity contribution in [2.45, 2.75) is 5.92 Å². The molecule has 0 aliphatic carbocycles. The highest BCUT2D eigenvalue weighted by atomic mass is 19.1. The Bertz CT molecular complexity index is 866. The fourth-order valence-electron chi connectivity index (χ4n) is 2.57. The second-order valence-corrected chi connectivity index (χ2v) is 5.44. The normalized spacial score (nSPS) is 14.7. The number of aromatic nitrogens is 2. The van der Waals surface area contributed by atoms with Gasteiger partial charge in [0.1, 0.15) is 17.2 Å². The van der Waals surface area contributed by atoms with Crippen molar-refractivity contribution in [3.05, 3.63) is 59.7 Å². The molecule has 1 fully saturated rings. The van der Waals surface area contributed by atoms with Crippen molar-refractivity contribution in [1.29, 1.82) is 0 Å². The third-order valence-electron chi connectivity index (χ3n) is 3.88. The molecule has 0 radical (unpaired) electrons. The minimum absolute atomic E-state index is 0.167. The summed E-state index contributed by atoms with van der Waals surface area (Å²) >= 11 is 0. The standard InChI is InChI=1S/C16H11F2N3O3/c17-10-3-1-4-11(18)13(10)16(22)21-7-9(8-21)15-19-14(20-24-15)12-5-2-6-23-12/h1-6,9H,7-8H2. The van der Waals surface area contributed by atoms with Crippen LogP contribution in [-0.2, 0) is 0 Å². The Morgan fingerprint density at radius 1 is 1.17 bits per heavy atom.